The summed E-state index contributed by atoms with van der Waals surface area (Å²) < 4.78 is 0. The second-order valence-electron chi connectivity index (χ2n) is 6.41. The molecular formula is C19H19N3O2S. The second kappa shape index (κ2) is 6.44. The van der Waals surface area contributed by atoms with E-state index in [4.69, 9.17) is 5.11 Å². The van der Waals surface area contributed by atoms with Crippen LogP contribution in [0, 0.1) is 6.92 Å². The van der Waals surface area contributed by atoms with Crippen LogP contribution in [0.5, 0.6) is 0 Å². The quantitative estimate of drug-likeness (QED) is 0.735. The Hall–Kier alpha value is -2.47. The SMILES string of the molecule is Cc1c(-c2ccccc2)sc2ncnc(C3CCN(C(=O)O)CC3)c12. The van der Waals surface area contributed by atoms with Gasteiger partial charge in [0.05, 0.1) is 5.69 Å². The summed E-state index contributed by atoms with van der Waals surface area (Å²) in [4.78, 5) is 24.0. The highest BCUT2D eigenvalue weighted by molar-refractivity contribution is 7.22. The highest BCUT2D eigenvalue weighted by Crippen LogP contribution is 2.41. The molecule has 1 aromatic carbocycles. The number of amides is 1. The Kier molecular flexibility index (Phi) is 4.13. The number of hydrogen-bond acceptors (Lipinski definition) is 4. The maximum Gasteiger partial charge on any atom is 0.407 e. The normalized spacial score (nSPS) is 15.6. The fraction of sp³-hybridized carbons (Fsp3) is 0.316. The largest absolute Gasteiger partial charge is 0.465 e. The smallest absolute Gasteiger partial charge is 0.407 e. The van der Waals surface area contributed by atoms with E-state index >= 15 is 0 Å². The summed E-state index contributed by atoms with van der Waals surface area (Å²) in [6.07, 6.45) is 2.44. The molecule has 128 valence electrons. The molecular weight excluding hydrogens is 334 g/mol. The van der Waals surface area contributed by atoms with Crippen molar-refractivity contribution in [2.45, 2.75) is 25.7 Å². The topological polar surface area (TPSA) is 66.3 Å². The van der Waals surface area contributed by atoms with Crippen LogP contribution >= 0.6 is 11.3 Å². The van der Waals surface area contributed by atoms with Crippen molar-refractivity contribution >= 4 is 27.6 Å². The zero-order valence-corrected chi connectivity index (χ0v) is 14.8. The third kappa shape index (κ3) is 2.87. The maximum atomic E-state index is 11.1. The van der Waals surface area contributed by atoms with Crippen LogP contribution in [-0.2, 0) is 0 Å². The number of fused-ring (bicyclic) bond motifs is 1. The van der Waals surface area contributed by atoms with E-state index in [-0.39, 0.29) is 5.92 Å². The third-order valence-corrected chi connectivity index (χ3v) is 6.19. The lowest BCUT2D eigenvalue weighted by Gasteiger charge is -2.29. The molecule has 0 atom stereocenters. The minimum atomic E-state index is -0.829. The van der Waals surface area contributed by atoms with E-state index in [1.807, 2.05) is 18.2 Å². The van der Waals surface area contributed by atoms with E-state index in [0.29, 0.717) is 13.1 Å². The molecule has 1 saturated heterocycles. The molecule has 6 heteroatoms. The minimum absolute atomic E-state index is 0.290. The lowest BCUT2D eigenvalue weighted by atomic mass is 9.90. The zero-order chi connectivity index (χ0) is 17.4. The molecule has 0 bridgehead atoms. The van der Waals surface area contributed by atoms with Crippen LogP contribution in [0.3, 0.4) is 0 Å². The summed E-state index contributed by atoms with van der Waals surface area (Å²) in [7, 11) is 0. The fourth-order valence-electron chi connectivity index (χ4n) is 3.62. The monoisotopic (exact) mass is 353 g/mol. The summed E-state index contributed by atoms with van der Waals surface area (Å²) in [6.45, 7) is 3.28. The number of benzene rings is 1. The van der Waals surface area contributed by atoms with Gasteiger partial charge in [0.25, 0.3) is 0 Å². The average Bonchev–Trinajstić information content (AvgIpc) is 2.99. The highest BCUT2D eigenvalue weighted by atomic mass is 32.1. The fourth-order valence-corrected chi connectivity index (χ4v) is 4.78. The third-order valence-electron chi connectivity index (χ3n) is 4.94. The lowest BCUT2D eigenvalue weighted by Crippen LogP contribution is -2.37. The average molecular weight is 353 g/mol. The molecule has 1 N–H and O–H groups in total. The number of rotatable bonds is 2. The zero-order valence-electron chi connectivity index (χ0n) is 14.0. The number of hydrogen-bond donors (Lipinski definition) is 1. The van der Waals surface area contributed by atoms with Crippen molar-refractivity contribution in [1.29, 1.82) is 0 Å². The summed E-state index contributed by atoms with van der Waals surface area (Å²) in [5.41, 5.74) is 3.50. The molecule has 0 unspecified atom stereocenters. The number of carboxylic acid groups (broad SMARTS) is 1. The Balaban J connectivity index is 1.74. The molecule has 1 aliphatic heterocycles. The van der Waals surface area contributed by atoms with Gasteiger partial charge >= 0.3 is 6.09 Å². The first-order valence-electron chi connectivity index (χ1n) is 8.42. The van der Waals surface area contributed by atoms with Gasteiger partial charge in [-0.25, -0.2) is 14.8 Å². The van der Waals surface area contributed by atoms with E-state index < -0.39 is 6.09 Å². The molecule has 1 fully saturated rings. The number of aryl methyl sites for hydroxylation is 1. The first-order chi connectivity index (χ1) is 12.1. The van der Waals surface area contributed by atoms with Crippen molar-refractivity contribution in [3.63, 3.8) is 0 Å². The van der Waals surface area contributed by atoms with Crippen molar-refractivity contribution < 1.29 is 9.90 Å². The first-order valence-corrected chi connectivity index (χ1v) is 9.24. The van der Waals surface area contributed by atoms with Gasteiger partial charge in [0.15, 0.2) is 0 Å². The van der Waals surface area contributed by atoms with Crippen LogP contribution in [0.25, 0.3) is 20.7 Å². The maximum absolute atomic E-state index is 11.1. The van der Waals surface area contributed by atoms with Crippen LogP contribution in [0.2, 0.25) is 0 Å². The number of aromatic nitrogens is 2. The van der Waals surface area contributed by atoms with Crippen molar-refractivity contribution in [3.05, 3.63) is 47.9 Å². The predicted octanol–water partition coefficient (Wildman–Crippen LogP) is 4.52. The Bertz CT molecular complexity index is 915. The van der Waals surface area contributed by atoms with Gasteiger partial charge in [-0.05, 0) is 30.9 Å². The molecule has 0 spiro atoms. The molecule has 0 radical (unpaired) electrons. The van der Waals surface area contributed by atoms with Gasteiger partial charge in [-0.15, -0.1) is 11.3 Å². The minimum Gasteiger partial charge on any atom is -0.465 e. The van der Waals surface area contributed by atoms with E-state index in [9.17, 15) is 4.79 Å². The van der Waals surface area contributed by atoms with E-state index in [1.165, 1.54) is 20.9 Å². The molecule has 2 aromatic heterocycles. The highest BCUT2D eigenvalue weighted by Gasteiger charge is 2.27. The van der Waals surface area contributed by atoms with Gasteiger partial charge in [0.1, 0.15) is 11.2 Å². The molecule has 0 saturated carbocycles. The van der Waals surface area contributed by atoms with Crippen molar-refractivity contribution in [1.82, 2.24) is 14.9 Å². The molecule has 1 amide bonds. The standard InChI is InChI=1S/C19H19N3O2S/c1-12-15-16(13-7-9-22(10-8-13)19(23)24)20-11-21-18(15)25-17(12)14-5-3-2-4-6-14/h2-6,11,13H,7-10H2,1H3,(H,23,24). The molecule has 3 aromatic rings. The van der Waals surface area contributed by atoms with Gasteiger partial charge in [0, 0.05) is 29.3 Å². The summed E-state index contributed by atoms with van der Waals surface area (Å²) >= 11 is 1.70. The van der Waals surface area contributed by atoms with E-state index in [2.05, 4.69) is 29.0 Å². The number of nitrogens with zero attached hydrogens (tertiary/aromatic N) is 3. The Morgan fingerprint density at radius 2 is 1.92 bits per heavy atom. The van der Waals surface area contributed by atoms with E-state index in [1.54, 1.807) is 17.7 Å². The van der Waals surface area contributed by atoms with Gasteiger partial charge in [-0.3, -0.25) is 0 Å². The van der Waals surface area contributed by atoms with Crippen LogP contribution in [0.15, 0.2) is 36.7 Å². The van der Waals surface area contributed by atoms with Gasteiger partial charge in [-0.2, -0.15) is 0 Å². The number of carbonyl (C=O) groups is 1. The van der Waals surface area contributed by atoms with Crippen molar-refractivity contribution in [3.8, 4) is 10.4 Å². The van der Waals surface area contributed by atoms with Crippen LogP contribution in [-0.4, -0.2) is 39.2 Å². The molecule has 25 heavy (non-hydrogen) atoms. The number of thiophene rings is 1. The summed E-state index contributed by atoms with van der Waals surface area (Å²) in [5, 5.41) is 10.3. The summed E-state index contributed by atoms with van der Waals surface area (Å²) in [5.74, 6) is 0.290. The molecule has 5 nitrogen and oxygen atoms in total. The molecule has 1 aliphatic rings. The summed E-state index contributed by atoms with van der Waals surface area (Å²) in [6, 6.07) is 10.4. The molecule has 0 aliphatic carbocycles. The second-order valence-corrected chi connectivity index (χ2v) is 7.40. The van der Waals surface area contributed by atoms with Gasteiger partial charge in [-0.1, -0.05) is 30.3 Å². The van der Waals surface area contributed by atoms with Gasteiger partial charge < -0.3 is 10.0 Å². The molecule has 4 rings (SSSR count). The first kappa shape index (κ1) is 16.0. The van der Waals surface area contributed by atoms with Crippen LogP contribution < -0.4 is 0 Å². The van der Waals surface area contributed by atoms with Crippen molar-refractivity contribution in [2.75, 3.05) is 13.1 Å². The number of piperidine rings is 1. The van der Waals surface area contributed by atoms with Crippen molar-refractivity contribution in [2.24, 2.45) is 0 Å². The Labute approximate surface area is 150 Å². The van der Waals surface area contributed by atoms with Gasteiger partial charge in [0.2, 0.25) is 0 Å². The van der Waals surface area contributed by atoms with Crippen LogP contribution in [0.1, 0.15) is 30.0 Å². The molecule has 3 heterocycles. The van der Waals surface area contributed by atoms with E-state index in [0.717, 1.165) is 28.8 Å². The Morgan fingerprint density at radius 3 is 2.60 bits per heavy atom. The van der Waals surface area contributed by atoms with Crippen LogP contribution in [0.4, 0.5) is 4.79 Å². The number of likely N-dealkylation sites (tertiary alicyclic amines) is 1. The predicted molar refractivity (Wildman–Crippen MR) is 99.2 cm³/mol. The lowest BCUT2D eigenvalue weighted by molar-refractivity contribution is 0.132. The Morgan fingerprint density at radius 1 is 1.20 bits per heavy atom.